The van der Waals surface area contributed by atoms with Gasteiger partial charge in [0, 0.05) is 13.2 Å². The fourth-order valence-electron chi connectivity index (χ4n) is 2.59. The molecule has 1 amide bonds. The zero-order valence-corrected chi connectivity index (χ0v) is 12.3. The van der Waals surface area contributed by atoms with Gasteiger partial charge in [-0.2, -0.15) is 0 Å². The maximum atomic E-state index is 12.3. The lowest BCUT2D eigenvalue weighted by atomic mass is 10.1. The summed E-state index contributed by atoms with van der Waals surface area (Å²) in [6.45, 7) is 5.97. The van der Waals surface area contributed by atoms with E-state index in [1.165, 1.54) is 5.56 Å². The summed E-state index contributed by atoms with van der Waals surface area (Å²) in [6, 6.07) is 10.2. The SMILES string of the molecule is CCOC(C)CN1CNC(CCc2ccccc2)C1=O. The molecule has 1 N–H and O–H groups in total. The Hall–Kier alpha value is -1.39. The van der Waals surface area contributed by atoms with Crippen molar-refractivity contribution in [2.24, 2.45) is 0 Å². The number of aryl methyl sites for hydroxylation is 1. The van der Waals surface area contributed by atoms with E-state index >= 15 is 0 Å². The largest absolute Gasteiger partial charge is 0.377 e. The van der Waals surface area contributed by atoms with Gasteiger partial charge in [0.05, 0.1) is 18.8 Å². The summed E-state index contributed by atoms with van der Waals surface area (Å²) >= 11 is 0. The van der Waals surface area contributed by atoms with Crippen molar-refractivity contribution in [2.45, 2.75) is 38.8 Å². The minimum Gasteiger partial charge on any atom is -0.377 e. The quantitative estimate of drug-likeness (QED) is 0.825. The molecular formula is C16H24N2O2. The van der Waals surface area contributed by atoms with Crippen molar-refractivity contribution >= 4 is 5.91 Å². The summed E-state index contributed by atoms with van der Waals surface area (Å²) in [7, 11) is 0. The van der Waals surface area contributed by atoms with E-state index in [9.17, 15) is 4.79 Å². The Morgan fingerprint density at radius 3 is 2.85 bits per heavy atom. The highest BCUT2D eigenvalue weighted by molar-refractivity contribution is 5.83. The first-order valence-corrected chi connectivity index (χ1v) is 7.38. The minimum atomic E-state index is -0.0518. The van der Waals surface area contributed by atoms with Crippen LogP contribution in [-0.4, -0.2) is 42.8 Å². The molecule has 4 nitrogen and oxygen atoms in total. The van der Waals surface area contributed by atoms with Crippen molar-refractivity contribution in [2.75, 3.05) is 19.8 Å². The number of rotatable bonds is 7. The number of carbonyl (C=O) groups excluding carboxylic acids is 1. The van der Waals surface area contributed by atoms with Crippen molar-refractivity contribution in [3.8, 4) is 0 Å². The van der Waals surface area contributed by atoms with Gasteiger partial charge in [-0.15, -0.1) is 0 Å². The number of hydrogen-bond donors (Lipinski definition) is 1. The van der Waals surface area contributed by atoms with Crippen molar-refractivity contribution in [1.29, 1.82) is 0 Å². The van der Waals surface area contributed by atoms with E-state index in [0.717, 1.165) is 12.8 Å². The van der Waals surface area contributed by atoms with E-state index in [0.29, 0.717) is 19.8 Å². The second-order valence-electron chi connectivity index (χ2n) is 5.27. The first-order valence-electron chi connectivity index (χ1n) is 7.38. The van der Waals surface area contributed by atoms with Gasteiger partial charge < -0.3 is 9.64 Å². The van der Waals surface area contributed by atoms with E-state index < -0.39 is 0 Å². The molecule has 4 heteroatoms. The first-order chi connectivity index (χ1) is 9.70. The summed E-state index contributed by atoms with van der Waals surface area (Å²) in [6.07, 6.45) is 1.88. The van der Waals surface area contributed by atoms with Crippen LogP contribution < -0.4 is 5.32 Å². The summed E-state index contributed by atoms with van der Waals surface area (Å²) < 4.78 is 5.49. The molecule has 20 heavy (non-hydrogen) atoms. The summed E-state index contributed by atoms with van der Waals surface area (Å²) in [4.78, 5) is 14.1. The van der Waals surface area contributed by atoms with E-state index in [-0.39, 0.29) is 18.1 Å². The maximum Gasteiger partial charge on any atom is 0.240 e. The van der Waals surface area contributed by atoms with Gasteiger partial charge >= 0.3 is 0 Å². The predicted molar refractivity (Wildman–Crippen MR) is 79.4 cm³/mol. The van der Waals surface area contributed by atoms with Crippen molar-refractivity contribution in [3.63, 3.8) is 0 Å². The average molecular weight is 276 g/mol. The molecule has 0 saturated carbocycles. The molecular weight excluding hydrogens is 252 g/mol. The van der Waals surface area contributed by atoms with Crippen LogP contribution in [0.4, 0.5) is 0 Å². The fraction of sp³-hybridized carbons (Fsp3) is 0.562. The summed E-state index contributed by atoms with van der Waals surface area (Å²) in [5.41, 5.74) is 1.28. The standard InChI is InChI=1S/C16H24N2O2/c1-3-20-13(2)11-18-12-17-15(16(18)19)10-9-14-7-5-4-6-8-14/h4-8,13,15,17H,3,9-12H2,1-2H3. The van der Waals surface area contributed by atoms with Gasteiger partial charge in [0.25, 0.3) is 0 Å². The maximum absolute atomic E-state index is 12.3. The smallest absolute Gasteiger partial charge is 0.240 e. The molecule has 1 aromatic rings. The van der Waals surface area contributed by atoms with Gasteiger partial charge in [-0.3, -0.25) is 10.1 Å². The van der Waals surface area contributed by atoms with Gasteiger partial charge in [-0.1, -0.05) is 30.3 Å². The van der Waals surface area contributed by atoms with E-state index in [4.69, 9.17) is 4.74 Å². The van der Waals surface area contributed by atoms with Gasteiger partial charge in [0.15, 0.2) is 0 Å². The minimum absolute atomic E-state index is 0.0518. The van der Waals surface area contributed by atoms with Crippen LogP contribution >= 0.6 is 0 Å². The van der Waals surface area contributed by atoms with E-state index in [1.807, 2.05) is 36.9 Å². The van der Waals surface area contributed by atoms with Gasteiger partial charge in [-0.25, -0.2) is 0 Å². The molecule has 110 valence electrons. The Balaban J connectivity index is 1.79. The first kappa shape index (κ1) is 15.0. The molecule has 1 aliphatic heterocycles. The third-order valence-electron chi connectivity index (χ3n) is 3.63. The lowest BCUT2D eigenvalue weighted by molar-refractivity contribution is -0.130. The molecule has 2 atom stereocenters. The third-order valence-corrected chi connectivity index (χ3v) is 3.63. The van der Waals surface area contributed by atoms with Gasteiger partial charge in [0.2, 0.25) is 5.91 Å². The highest BCUT2D eigenvalue weighted by Gasteiger charge is 2.31. The predicted octanol–water partition coefficient (Wildman–Crippen LogP) is 1.80. The van der Waals surface area contributed by atoms with E-state index in [1.54, 1.807) is 0 Å². The van der Waals surface area contributed by atoms with Crippen LogP contribution in [0.25, 0.3) is 0 Å². The van der Waals surface area contributed by atoms with Gasteiger partial charge in [0.1, 0.15) is 0 Å². The van der Waals surface area contributed by atoms with Crippen molar-refractivity contribution in [1.82, 2.24) is 10.2 Å². The molecule has 2 rings (SSSR count). The van der Waals surface area contributed by atoms with Crippen LogP contribution in [0.3, 0.4) is 0 Å². The van der Waals surface area contributed by atoms with Crippen molar-refractivity contribution in [3.05, 3.63) is 35.9 Å². The highest BCUT2D eigenvalue weighted by atomic mass is 16.5. The Kier molecular flexibility index (Phi) is 5.56. The molecule has 1 saturated heterocycles. The van der Waals surface area contributed by atoms with Crippen LogP contribution in [0, 0.1) is 0 Å². The molecule has 0 aliphatic carbocycles. The van der Waals surface area contributed by atoms with Crippen LogP contribution in [0.15, 0.2) is 30.3 Å². The molecule has 1 aliphatic rings. The molecule has 0 bridgehead atoms. The Labute approximate surface area is 121 Å². The zero-order valence-electron chi connectivity index (χ0n) is 12.3. The van der Waals surface area contributed by atoms with Crippen LogP contribution in [-0.2, 0) is 16.0 Å². The van der Waals surface area contributed by atoms with Crippen LogP contribution in [0.5, 0.6) is 0 Å². The normalized spacial score (nSPS) is 20.4. The average Bonchev–Trinajstić information content (AvgIpc) is 2.79. The zero-order chi connectivity index (χ0) is 14.4. The topological polar surface area (TPSA) is 41.6 Å². The monoisotopic (exact) mass is 276 g/mol. The second-order valence-corrected chi connectivity index (χ2v) is 5.27. The molecule has 2 unspecified atom stereocenters. The number of carbonyl (C=O) groups is 1. The lowest BCUT2D eigenvalue weighted by Crippen LogP contribution is -2.36. The van der Waals surface area contributed by atoms with Crippen LogP contribution in [0.1, 0.15) is 25.8 Å². The summed E-state index contributed by atoms with van der Waals surface area (Å²) in [5.74, 6) is 0.201. The Morgan fingerprint density at radius 2 is 2.15 bits per heavy atom. The Bertz CT molecular complexity index is 422. The molecule has 1 heterocycles. The number of benzene rings is 1. The Morgan fingerprint density at radius 1 is 1.40 bits per heavy atom. The van der Waals surface area contributed by atoms with Crippen LogP contribution in [0.2, 0.25) is 0 Å². The number of nitrogens with zero attached hydrogens (tertiary/aromatic N) is 1. The fourth-order valence-corrected chi connectivity index (χ4v) is 2.59. The molecule has 0 radical (unpaired) electrons. The molecule has 0 spiro atoms. The number of amides is 1. The summed E-state index contributed by atoms with van der Waals surface area (Å²) in [5, 5.41) is 3.30. The molecule has 1 aromatic carbocycles. The van der Waals surface area contributed by atoms with Gasteiger partial charge in [-0.05, 0) is 32.3 Å². The third kappa shape index (κ3) is 4.05. The number of nitrogens with one attached hydrogen (secondary N) is 1. The van der Waals surface area contributed by atoms with E-state index in [2.05, 4.69) is 17.4 Å². The number of ether oxygens (including phenoxy) is 1. The number of hydrogen-bond acceptors (Lipinski definition) is 3. The van der Waals surface area contributed by atoms with Crippen molar-refractivity contribution < 1.29 is 9.53 Å². The lowest BCUT2D eigenvalue weighted by Gasteiger charge is -2.20. The highest BCUT2D eigenvalue weighted by Crippen LogP contribution is 2.12. The molecule has 1 fully saturated rings. The molecule has 0 aromatic heterocycles. The second kappa shape index (κ2) is 7.41.